The minimum atomic E-state index is 0.0613. The highest BCUT2D eigenvalue weighted by atomic mass is 16.5. The van der Waals surface area contributed by atoms with Crippen LogP contribution in [-0.2, 0) is 4.79 Å². The molecule has 1 aliphatic heterocycles. The first-order valence-corrected chi connectivity index (χ1v) is 8.73. The second-order valence-electron chi connectivity index (χ2n) is 6.40. The zero-order valence-electron chi connectivity index (χ0n) is 14.0. The lowest BCUT2D eigenvalue weighted by atomic mass is 9.91. The van der Waals surface area contributed by atoms with Crippen molar-refractivity contribution in [2.45, 2.75) is 32.2 Å². The molecular formula is C18H27N3O2. The molecule has 1 amide bonds. The molecule has 1 saturated carbocycles. The van der Waals surface area contributed by atoms with E-state index in [4.69, 9.17) is 4.74 Å². The summed E-state index contributed by atoms with van der Waals surface area (Å²) in [6, 6.07) is 8.36. The van der Waals surface area contributed by atoms with E-state index in [0.29, 0.717) is 13.2 Å². The molecule has 0 atom stereocenters. The van der Waals surface area contributed by atoms with Crippen LogP contribution in [0.2, 0.25) is 0 Å². The van der Waals surface area contributed by atoms with Gasteiger partial charge in [0.1, 0.15) is 5.75 Å². The zero-order chi connectivity index (χ0) is 16.1. The predicted molar refractivity (Wildman–Crippen MR) is 91.9 cm³/mol. The molecule has 1 aromatic carbocycles. The Kier molecular flexibility index (Phi) is 5.51. The molecule has 23 heavy (non-hydrogen) atoms. The molecule has 0 aromatic heterocycles. The summed E-state index contributed by atoms with van der Waals surface area (Å²) in [6.07, 6.45) is 4.10. The smallest absolute Gasteiger partial charge is 0.238 e. The van der Waals surface area contributed by atoms with E-state index in [1.54, 1.807) is 0 Å². The Balaban J connectivity index is 1.40. The van der Waals surface area contributed by atoms with E-state index in [0.717, 1.165) is 43.7 Å². The molecule has 1 heterocycles. The lowest BCUT2D eigenvalue weighted by Crippen LogP contribution is -2.53. The molecule has 126 valence electrons. The summed E-state index contributed by atoms with van der Waals surface area (Å²) in [7, 11) is 0. The summed E-state index contributed by atoms with van der Waals surface area (Å²) in [6.45, 7) is 7.27. The number of benzene rings is 1. The third-order valence-electron chi connectivity index (χ3n) is 4.81. The van der Waals surface area contributed by atoms with Crippen LogP contribution < -0.4 is 10.1 Å². The van der Waals surface area contributed by atoms with E-state index < -0.39 is 0 Å². The molecule has 0 radical (unpaired) electrons. The molecule has 5 nitrogen and oxygen atoms in total. The minimum Gasteiger partial charge on any atom is -0.494 e. The average Bonchev–Trinajstić information content (AvgIpc) is 2.50. The van der Waals surface area contributed by atoms with E-state index in [-0.39, 0.29) is 5.91 Å². The van der Waals surface area contributed by atoms with Crippen LogP contribution in [0.25, 0.3) is 0 Å². The van der Waals surface area contributed by atoms with Crippen molar-refractivity contribution in [2.75, 3.05) is 44.6 Å². The van der Waals surface area contributed by atoms with Crippen LogP contribution in [0, 0.1) is 0 Å². The van der Waals surface area contributed by atoms with Crippen molar-refractivity contribution < 1.29 is 9.53 Å². The molecule has 0 bridgehead atoms. The molecule has 3 rings (SSSR count). The summed E-state index contributed by atoms with van der Waals surface area (Å²) in [5.41, 5.74) is 0.826. The van der Waals surface area contributed by atoms with Crippen molar-refractivity contribution in [2.24, 2.45) is 0 Å². The first-order valence-electron chi connectivity index (χ1n) is 8.73. The van der Waals surface area contributed by atoms with Crippen molar-refractivity contribution in [3.8, 4) is 5.75 Å². The van der Waals surface area contributed by atoms with Gasteiger partial charge in [-0.1, -0.05) is 6.42 Å². The van der Waals surface area contributed by atoms with Crippen molar-refractivity contribution >= 4 is 11.6 Å². The fourth-order valence-corrected chi connectivity index (χ4v) is 3.24. The summed E-state index contributed by atoms with van der Waals surface area (Å²) in [4.78, 5) is 17.0. The topological polar surface area (TPSA) is 44.8 Å². The molecule has 1 saturated heterocycles. The maximum atomic E-state index is 12.2. The predicted octanol–water partition coefficient (Wildman–Crippen LogP) is 2.19. The lowest BCUT2D eigenvalue weighted by molar-refractivity contribution is -0.117. The van der Waals surface area contributed by atoms with Crippen LogP contribution in [-0.4, -0.2) is 61.1 Å². The van der Waals surface area contributed by atoms with E-state index in [1.807, 2.05) is 31.2 Å². The number of amides is 1. The Morgan fingerprint density at radius 1 is 1.17 bits per heavy atom. The van der Waals surface area contributed by atoms with Gasteiger partial charge in [0.15, 0.2) is 0 Å². The monoisotopic (exact) mass is 317 g/mol. The molecular weight excluding hydrogens is 290 g/mol. The molecule has 1 aliphatic carbocycles. The van der Waals surface area contributed by atoms with Crippen molar-refractivity contribution in [1.82, 2.24) is 9.80 Å². The lowest BCUT2D eigenvalue weighted by Gasteiger charge is -2.42. The Bertz CT molecular complexity index is 506. The number of rotatable bonds is 6. The number of ether oxygens (including phenoxy) is 1. The van der Waals surface area contributed by atoms with E-state index >= 15 is 0 Å². The van der Waals surface area contributed by atoms with E-state index in [9.17, 15) is 4.79 Å². The maximum Gasteiger partial charge on any atom is 0.238 e. The van der Waals surface area contributed by atoms with Crippen molar-refractivity contribution in [1.29, 1.82) is 0 Å². The highest BCUT2D eigenvalue weighted by Crippen LogP contribution is 2.25. The van der Waals surface area contributed by atoms with Crippen molar-refractivity contribution in [3.05, 3.63) is 24.3 Å². The maximum absolute atomic E-state index is 12.2. The first kappa shape index (κ1) is 16.3. The van der Waals surface area contributed by atoms with Gasteiger partial charge in [-0.25, -0.2) is 0 Å². The van der Waals surface area contributed by atoms with E-state index in [1.165, 1.54) is 19.3 Å². The van der Waals surface area contributed by atoms with Gasteiger partial charge in [-0.3, -0.25) is 14.6 Å². The van der Waals surface area contributed by atoms with Gasteiger partial charge in [0, 0.05) is 37.9 Å². The van der Waals surface area contributed by atoms with Crippen LogP contribution in [0.1, 0.15) is 26.2 Å². The van der Waals surface area contributed by atoms with Crippen LogP contribution in [0.3, 0.4) is 0 Å². The third kappa shape index (κ3) is 4.45. The number of anilines is 1. The number of carbonyl (C=O) groups excluding carboxylic acids is 1. The first-order chi connectivity index (χ1) is 11.2. The van der Waals surface area contributed by atoms with Crippen LogP contribution >= 0.6 is 0 Å². The second kappa shape index (κ2) is 7.79. The number of hydrogen-bond acceptors (Lipinski definition) is 4. The highest BCUT2D eigenvalue weighted by Gasteiger charge is 2.28. The van der Waals surface area contributed by atoms with Gasteiger partial charge in [0.2, 0.25) is 5.91 Å². The van der Waals surface area contributed by atoms with Gasteiger partial charge in [-0.05, 0) is 44.0 Å². The average molecular weight is 317 g/mol. The summed E-state index contributed by atoms with van der Waals surface area (Å²) < 4.78 is 5.41. The van der Waals surface area contributed by atoms with Crippen LogP contribution in [0.4, 0.5) is 5.69 Å². The van der Waals surface area contributed by atoms with Gasteiger partial charge in [0.05, 0.1) is 13.2 Å². The Labute approximate surface area is 138 Å². The highest BCUT2D eigenvalue weighted by molar-refractivity contribution is 5.92. The van der Waals surface area contributed by atoms with Crippen LogP contribution in [0.5, 0.6) is 5.75 Å². The summed E-state index contributed by atoms with van der Waals surface area (Å²) in [5.74, 6) is 0.892. The van der Waals surface area contributed by atoms with Gasteiger partial charge in [0.25, 0.3) is 0 Å². The van der Waals surface area contributed by atoms with Crippen LogP contribution in [0.15, 0.2) is 24.3 Å². The second-order valence-corrected chi connectivity index (χ2v) is 6.40. The zero-order valence-corrected chi connectivity index (χ0v) is 14.0. The minimum absolute atomic E-state index is 0.0613. The standard InChI is InChI=1S/C18H27N3O2/c1-2-23-17-8-6-15(7-9-17)19-18(22)14-20-10-12-21(13-11-20)16-4-3-5-16/h6-9,16H,2-5,10-14H2,1H3,(H,19,22). The Hall–Kier alpha value is -1.59. The number of hydrogen-bond donors (Lipinski definition) is 1. The molecule has 1 N–H and O–H groups in total. The molecule has 2 aliphatic rings. The SMILES string of the molecule is CCOc1ccc(NC(=O)CN2CCN(C3CCC3)CC2)cc1. The Morgan fingerprint density at radius 2 is 1.87 bits per heavy atom. The van der Waals surface area contributed by atoms with Gasteiger partial charge >= 0.3 is 0 Å². The molecule has 0 spiro atoms. The third-order valence-corrected chi connectivity index (χ3v) is 4.81. The molecule has 1 aromatic rings. The van der Waals surface area contributed by atoms with Gasteiger partial charge in [-0.15, -0.1) is 0 Å². The number of nitrogens with zero attached hydrogens (tertiary/aromatic N) is 2. The normalized spacial score (nSPS) is 20.0. The van der Waals surface area contributed by atoms with Gasteiger partial charge < -0.3 is 10.1 Å². The van der Waals surface area contributed by atoms with Gasteiger partial charge in [-0.2, -0.15) is 0 Å². The molecule has 0 unspecified atom stereocenters. The van der Waals surface area contributed by atoms with E-state index in [2.05, 4.69) is 15.1 Å². The molecule has 5 heteroatoms. The quantitative estimate of drug-likeness (QED) is 0.873. The fraction of sp³-hybridized carbons (Fsp3) is 0.611. The Morgan fingerprint density at radius 3 is 2.43 bits per heavy atom. The number of piperazine rings is 1. The van der Waals surface area contributed by atoms with Crippen molar-refractivity contribution in [3.63, 3.8) is 0 Å². The number of nitrogens with one attached hydrogen (secondary N) is 1. The molecule has 2 fully saturated rings. The largest absolute Gasteiger partial charge is 0.494 e. The number of carbonyl (C=O) groups is 1. The summed E-state index contributed by atoms with van der Waals surface area (Å²) in [5, 5.41) is 2.97. The summed E-state index contributed by atoms with van der Waals surface area (Å²) >= 11 is 0. The fourth-order valence-electron chi connectivity index (χ4n) is 3.24.